The quantitative estimate of drug-likeness (QED) is 0.740. The second-order valence-corrected chi connectivity index (χ2v) is 2.89. The number of H-pyrrole nitrogens is 1. The predicted molar refractivity (Wildman–Crippen MR) is 52.9 cm³/mol. The van der Waals surface area contributed by atoms with Crippen LogP contribution in [0.1, 0.15) is 13.3 Å². The fraction of sp³-hybridized carbons (Fsp3) is 0.333. The van der Waals surface area contributed by atoms with Crippen LogP contribution in [0.2, 0.25) is 0 Å². The van der Waals surface area contributed by atoms with Crippen molar-refractivity contribution in [3.63, 3.8) is 0 Å². The Morgan fingerprint density at radius 1 is 1.73 bits per heavy atom. The lowest BCUT2D eigenvalue weighted by molar-refractivity contribution is -0.118. The largest absolute Gasteiger partial charge is 0.308 e. The number of nitrogens with zero attached hydrogens (tertiary/aromatic N) is 2. The molecule has 0 saturated carbocycles. The van der Waals surface area contributed by atoms with Gasteiger partial charge in [-0.1, -0.05) is 6.92 Å². The van der Waals surface area contributed by atoms with Crippen molar-refractivity contribution in [2.24, 2.45) is 5.92 Å². The molecule has 6 nitrogen and oxygen atoms in total. The van der Waals surface area contributed by atoms with Gasteiger partial charge in [0.25, 0.3) is 5.56 Å². The minimum Gasteiger partial charge on any atom is -0.308 e. The first-order valence-corrected chi connectivity index (χ1v) is 4.43. The van der Waals surface area contributed by atoms with Crippen molar-refractivity contribution >= 4 is 11.7 Å². The summed E-state index contributed by atoms with van der Waals surface area (Å²) in [4.78, 5) is 22.1. The molecule has 1 unspecified atom stereocenters. The van der Waals surface area contributed by atoms with Crippen molar-refractivity contribution in [1.29, 1.82) is 5.26 Å². The minimum atomic E-state index is -0.696. The van der Waals surface area contributed by atoms with Gasteiger partial charge in [-0.05, 0) is 12.5 Å². The summed E-state index contributed by atoms with van der Waals surface area (Å²) in [5, 5.41) is 16.8. The van der Waals surface area contributed by atoms with Crippen LogP contribution in [-0.4, -0.2) is 16.1 Å². The molecule has 6 heteroatoms. The maximum atomic E-state index is 11.4. The van der Waals surface area contributed by atoms with Gasteiger partial charge in [-0.15, -0.1) is 0 Å². The second kappa shape index (κ2) is 4.91. The molecule has 78 valence electrons. The molecule has 0 bridgehead atoms. The van der Waals surface area contributed by atoms with Crippen molar-refractivity contribution in [3.05, 3.63) is 22.5 Å². The van der Waals surface area contributed by atoms with Crippen LogP contribution in [0.5, 0.6) is 0 Å². The number of hydrogen-bond acceptors (Lipinski definition) is 4. The summed E-state index contributed by atoms with van der Waals surface area (Å²) < 4.78 is 0. The van der Waals surface area contributed by atoms with E-state index in [0.717, 1.165) is 0 Å². The van der Waals surface area contributed by atoms with Crippen LogP contribution in [-0.2, 0) is 4.79 Å². The molecule has 0 saturated heterocycles. The first-order valence-electron chi connectivity index (χ1n) is 4.43. The summed E-state index contributed by atoms with van der Waals surface area (Å²) in [6.45, 7) is 1.74. The van der Waals surface area contributed by atoms with E-state index in [2.05, 4.69) is 15.5 Å². The molecule has 2 N–H and O–H groups in total. The number of carbonyl (C=O) groups is 1. The number of anilines is 1. The molecular weight excluding hydrogens is 196 g/mol. The molecule has 0 aliphatic rings. The van der Waals surface area contributed by atoms with Gasteiger partial charge in [0.05, 0.1) is 6.07 Å². The SMILES string of the molecule is CCC(C#N)C(=O)Nc1ccc(=O)[nH]n1. The first kappa shape index (κ1) is 10.9. The van der Waals surface area contributed by atoms with E-state index in [1.807, 2.05) is 6.07 Å². The molecule has 1 heterocycles. The van der Waals surface area contributed by atoms with Gasteiger partial charge in [0.1, 0.15) is 5.92 Å². The molecule has 0 fully saturated rings. The van der Waals surface area contributed by atoms with Crippen LogP contribution in [0.15, 0.2) is 16.9 Å². The molecule has 1 atom stereocenters. The molecule has 0 aliphatic carbocycles. The van der Waals surface area contributed by atoms with E-state index in [-0.39, 0.29) is 11.4 Å². The van der Waals surface area contributed by atoms with Crippen molar-refractivity contribution < 1.29 is 4.79 Å². The van der Waals surface area contributed by atoms with Gasteiger partial charge in [-0.3, -0.25) is 9.59 Å². The summed E-state index contributed by atoms with van der Waals surface area (Å²) in [6.07, 6.45) is 0.436. The highest BCUT2D eigenvalue weighted by molar-refractivity contribution is 5.93. The summed E-state index contributed by atoms with van der Waals surface area (Å²) in [6, 6.07) is 4.49. The lowest BCUT2D eigenvalue weighted by Gasteiger charge is -2.05. The van der Waals surface area contributed by atoms with Crippen LogP contribution >= 0.6 is 0 Å². The molecule has 1 amide bonds. The smallest absolute Gasteiger partial charge is 0.264 e. The monoisotopic (exact) mass is 206 g/mol. The number of nitriles is 1. The van der Waals surface area contributed by atoms with Gasteiger partial charge in [0.2, 0.25) is 5.91 Å². The Morgan fingerprint density at radius 2 is 2.47 bits per heavy atom. The van der Waals surface area contributed by atoms with Gasteiger partial charge in [0.15, 0.2) is 5.82 Å². The van der Waals surface area contributed by atoms with Gasteiger partial charge < -0.3 is 5.32 Å². The van der Waals surface area contributed by atoms with E-state index in [9.17, 15) is 9.59 Å². The molecule has 1 aromatic heterocycles. The Bertz CT molecular complexity index is 426. The van der Waals surface area contributed by atoms with Gasteiger partial charge in [0, 0.05) is 6.07 Å². The average Bonchev–Trinajstić information content (AvgIpc) is 2.23. The molecule has 1 aromatic rings. The van der Waals surface area contributed by atoms with Crippen LogP contribution in [0.25, 0.3) is 0 Å². The Balaban J connectivity index is 2.71. The van der Waals surface area contributed by atoms with Crippen LogP contribution in [0.4, 0.5) is 5.82 Å². The van der Waals surface area contributed by atoms with Crippen molar-refractivity contribution in [1.82, 2.24) is 10.2 Å². The van der Waals surface area contributed by atoms with E-state index in [1.165, 1.54) is 12.1 Å². The van der Waals surface area contributed by atoms with Crippen LogP contribution in [0, 0.1) is 17.2 Å². The fourth-order valence-electron chi connectivity index (χ4n) is 0.963. The lowest BCUT2D eigenvalue weighted by Crippen LogP contribution is -2.22. The highest BCUT2D eigenvalue weighted by atomic mass is 16.2. The molecule has 0 aromatic carbocycles. The standard InChI is InChI=1S/C9H10N4O2/c1-2-6(5-10)9(15)11-7-3-4-8(14)13-12-7/h3-4,6H,2H2,1H3,(H,13,14)(H,11,12,15). The Hall–Kier alpha value is -2.16. The maximum absolute atomic E-state index is 11.4. The number of carbonyl (C=O) groups excluding carboxylic acids is 1. The highest BCUT2D eigenvalue weighted by Gasteiger charge is 2.15. The zero-order chi connectivity index (χ0) is 11.3. The summed E-state index contributed by atoms with van der Waals surface area (Å²) in [7, 11) is 0. The average molecular weight is 206 g/mol. The van der Waals surface area contributed by atoms with Gasteiger partial charge in [-0.2, -0.15) is 10.4 Å². The normalized spacial score (nSPS) is 11.5. The second-order valence-electron chi connectivity index (χ2n) is 2.89. The van der Waals surface area contributed by atoms with E-state index in [1.54, 1.807) is 6.92 Å². The number of aromatic nitrogens is 2. The van der Waals surface area contributed by atoms with E-state index >= 15 is 0 Å². The zero-order valence-electron chi connectivity index (χ0n) is 8.15. The maximum Gasteiger partial charge on any atom is 0.264 e. The lowest BCUT2D eigenvalue weighted by atomic mass is 10.1. The van der Waals surface area contributed by atoms with E-state index < -0.39 is 11.8 Å². The van der Waals surface area contributed by atoms with E-state index in [0.29, 0.717) is 6.42 Å². The van der Waals surface area contributed by atoms with Crippen molar-refractivity contribution in [2.75, 3.05) is 5.32 Å². The molecule has 1 rings (SSSR count). The Labute approximate surface area is 85.9 Å². The third-order valence-electron chi connectivity index (χ3n) is 1.81. The molecule has 0 spiro atoms. The summed E-state index contributed by atoms with van der Waals surface area (Å²) in [5.74, 6) is -0.883. The Morgan fingerprint density at radius 3 is 2.93 bits per heavy atom. The van der Waals surface area contributed by atoms with Gasteiger partial charge >= 0.3 is 0 Å². The number of amides is 1. The number of aromatic amines is 1. The summed E-state index contributed by atoms with van der Waals surface area (Å²) >= 11 is 0. The van der Waals surface area contributed by atoms with Crippen molar-refractivity contribution in [3.8, 4) is 6.07 Å². The third kappa shape index (κ3) is 2.91. The fourth-order valence-corrected chi connectivity index (χ4v) is 0.963. The van der Waals surface area contributed by atoms with Gasteiger partial charge in [-0.25, -0.2) is 5.10 Å². The number of nitrogens with one attached hydrogen (secondary N) is 2. The topological polar surface area (TPSA) is 98.6 Å². The minimum absolute atomic E-state index is 0.230. The predicted octanol–water partition coefficient (Wildman–Crippen LogP) is 0.258. The Kier molecular flexibility index (Phi) is 3.57. The van der Waals surface area contributed by atoms with Crippen molar-refractivity contribution in [2.45, 2.75) is 13.3 Å². The van der Waals surface area contributed by atoms with E-state index in [4.69, 9.17) is 5.26 Å². The van der Waals surface area contributed by atoms with Crippen LogP contribution in [0.3, 0.4) is 0 Å². The molecule has 15 heavy (non-hydrogen) atoms. The van der Waals surface area contributed by atoms with Crippen LogP contribution < -0.4 is 10.9 Å². The highest BCUT2D eigenvalue weighted by Crippen LogP contribution is 2.05. The summed E-state index contributed by atoms with van der Waals surface area (Å²) in [5.41, 5.74) is -0.347. The first-order chi connectivity index (χ1) is 7.17. The third-order valence-corrected chi connectivity index (χ3v) is 1.81. The molecule has 0 aliphatic heterocycles. The molecule has 0 radical (unpaired) electrons. The zero-order valence-corrected chi connectivity index (χ0v) is 8.15. The number of hydrogen-bond donors (Lipinski definition) is 2. The molecular formula is C9H10N4O2. The number of rotatable bonds is 3.